The highest BCUT2D eigenvalue weighted by Gasteiger charge is 2.34. The van der Waals surface area contributed by atoms with Gasteiger partial charge in [-0.3, -0.25) is 4.79 Å². The molecule has 0 bridgehead atoms. The number of thiazole rings is 1. The van der Waals surface area contributed by atoms with E-state index in [1.165, 1.54) is 0 Å². The SMILES string of the molecule is C=C(Cc1ccccc1)c1nnc(-c2cc(C(=O)OCC)cc(C(=O)N3CCSC3c3nc(C)cs3)c2)o1. The second-order valence-corrected chi connectivity index (χ2v) is 10.8. The molecule has 1 unspecified atom stereocenters. The van der Waals surface area contributed by atoms with E-state index in [2.05, 4.69) is 21.8 Å². The van der Waals surface area contributed by atoms with Crippen LogP contribution >= 0.6 is 23.1 Å². The number of rotatable bonds is 8. The van der Waals surface area contributed by atoms with Crippen LogP contribution in [0, 0.1) is 6.92 Å². The topological polar surface area (TPSA) is 98.4 Å². The van der Waals surface area contributed by atoms with Crippen molar-refractivity contribution in [3.8, 4) is 11.5 Å². The molecule has 1 saturated heterocycles. The third kappa shape index (κ3) is 5.56. The predicted molar refractivity (Wildman–Crippen MR) is 148 cm³/mol. The second kappa shape index (κ2) is 11.3. The second-order valence-electron chi connectivity index (χ2n) is 8.75. The number of aryl methyl sites for hydroxylation is 1. The van der Waals surface area contributed by atoms with Crippen molar-refractivity contribution in [2.75, 3.05) is 18.9 Å². The van der Waals surface area contributed by atoms with Gasteiger partial charge in [-0.25, -0.2) is 9.78 Å². The summed E-state index contributed by atoms with van der Waals surface area (Å²) in [6.45, 7) is 8.56. The number of carbonyl (C=O) groups is 2. The molecule has 0 aliphatic carbocycles. The Balaban J connectivity index is 1.46. The van der Waals surface area contributed by atoms with Crippen molar-refractivity contribution in [3.63, 3.8) is 0 Å². The summed E-state index contributed by atoms with van der Waals surface area (Å²) < 4.78 is 11.2. The van der Waals surface area contributed by atoms with E-state index in [4.69, 9.17) is 9.15 Å². The molecular formula is C28H26N4O4S2. The Labute approximate surface area is 228 Å². The fourth-order valence-corrected chi connectivity index (χ4v) is 6.40. The first kappa shape index (κ1) is 25.9. The number of amides is 1. The molecular weight excluding hydrogens is 520 g/mol. The molecule has 10 heteroatoms. The van der Waals surface area contributed by atoms with Crippen molar-refractivity contribution in [3.05, 3.63) is 93.8 Å². The first-order valence-corrected chi connectivity index (χ1v) is 14.1. The van der Waals surface area contributed by atoms with Gasteiger partial charge in [-0.15, -0.1) is 33.3 Å². The van der Waals surface area contributed by atoms with Gasteiger partial charge in [-0.2, -0.15) is 0 Å². The van der Waals surface area contributed by atoms with Gasteiger partial charge in [0.25, 0.3) is 5.91 Å². The number of ether oxygens (including phenoxy) is 1. The van der Waals surface area contributed by atoms with Crippen LogP contribution in [0.15, 0.2) is 64.9 Å². The number of nitrogens with zero attached hydrogens (tertiary/aromatic N) is 4. The van der Waals surface area contributed by atoms with Gasteiger partial charge in [-0.1, -0.05) is 36.9 Å². The minimum Gasteiger partial charge on any atom is -0.462 e. The van der Waals surface area contributed by atoms with Crippen molar-refractivity contribution in [2.24, 2.45) is 0 Å². The average Bonchev–Trinajstić information content (AvgIpc) is 3.69. The number of carbonyl (C=O) groups excluding carboxylic acids is 2. The number of benzene rings is 2. The van der Waals surface area contributed by atoms with E-state index in [0.29, 0.717) is 35.6 Å². The Morgan fingerprint density at radius 3 is 2.68 bits per heavy atom. The van der Waals surface area contributed by atoms with Crippen LogP contribution in [0.4, 0.5) is 0 Å². The van der Waals surface area contributed by atoms with Crippen LogP contribution in [0.25, 0.3) is 17.0 Å². The van der Waals surface area contributed by atoms with Gasteiger partial charge in [0.1, 0.15) is 10.4 Å². The molecule has 0 saturated carbocycles. The van der Waals surface area contributed by atoms with Crippen molar-refractivity contribution >= 4 is 40.5 Å². The van der Waals surface area contributed by atoms with E-state index in [1.807, 2.05) is 42.6 Å². The normalized spacial score (nSPS) is 15.0. The Hall–Kier alpha value is -3.76. The summed E-state index contributed by atoms with van der Waals surface area (Å²) in [4.78, 5) is 32.8. The highest BCUT2D eigenvalue weighted by Crippen LogP contribution is 2.40. The summed E-state index contributed by atoms with van der Waals surface area (Å²) in [5, 5.41) is 11.1. The molecule has 2 aromatic heterocycles. The van der Waals surface area contributed by atoms with Crippen molar-refractivity contribution in [1.29, 1.82) is 0 Å². The molecule has 1 aliphatic rings. The third-order valence-electron chi connectivity index (χ3n) is 5.93. The predicted octanol–water partition coefficient (Wildman–Crippen LogP) is 5.82. The first-order chi connectivity index (χ1) is 18.4. The van der Waals surface area contributed by atoms with Crippen LogP contribution in [-0.2, 0) is 11.2 Å². The summed E-state index contributed by atoms with van der Waals surface area (Å²) in [7, 11) is 0. The molecule has 0 N–H and O–H groups in total. The summed E-state index contributed by atoms with van der Waals surface area (Å²) >= 11 is 3.22. The molecule has 1 amide bonds. The number of aromatic nitrogens is 3. The van der Waals surface area contributed by atoms with Crippen LogP contribution in [0.1, 0.15) is 55.2 Å². The van der Waals surface area contributed by atoms with Gasteiger partial charge in [-0.05, 0) is 37.6 Å². The van der Waals surface area contributed by atoms with Gasteiger partial charge >= 0.3 is 5.97 Å². The van der Waals surface area contributed by atoms with Crippen LogP contribution in [0.5, 0.6) is 0 Å². The molecule has 2 aromatic carbocycles. The number of hydrogen-bond donors (Lipinski definition) is 0. The highest BCUT2D eigenvalue weighted by atomic mass is 32.2. The fourth-order valence-electron chi connectivity index (χ4n) is 4.14. The standard InChI is InChI=1S/C28H26N4O4S2/c1-4-35-28(34)22-14-20(24-31-30-23(36-24)17(2)12-19-8-6-5-7-9-19)13-21(15-22)26(33)32-10-11-37-27(32)25-29-18(3)16-38-25/h5-9,13-16,27H,2,4,10-12H2,1,3H3. The Kier molecular flexibility index (Phi) is 7.71. The summed E-state index contributed by atoms with van der Waals surface area (Å²) in [6.07, 6.45) is 0.555. The van der Waals surface area contributed by atoms with E-state index in [-0.39, 0.29) is 29.3 Å². The van der Waals surface area contributed by atoms with Crippen molar-refractivity contribution < 1.29 is 18.7 Å². The lowest BCUT2D eigenvalue weighted by atomic mass is 10.0. The van der Waals surface area contributed by atoms with Gasteiger partial charge in [0.15, 0.2) is 0 Å². The first-order valence-electron chi connectivity index (χ1n) is 12.2. The largest absolute Gasteiger partial charge is 0.462 e. The molecule has 1 fully saturated rings. The van der Waals surface area contributed by atoms with E-state index in [1.54, 1.807) is 53.1 Å². The van der Waals surface area contributed by atoms with E-state index < -0.39 is 5.97 Å². The molecule has 0 spiro atoms. The minimum absolute atomic E-state index is 0.174. The molecule has 1 aliphatic heterocycles. The lowest BCUT2D eigenvalue weighted by molar-refractivity contribution is 0.0526. The molecule has 1 atom stereocenters. The molecule has 0 radical (unpaired) electrons. The van der Waals surface area contributed by atoms with Crippen molar-refractivity contribution in [2.45, 2.75) is 25.6 Å². The number of hydrogen-bond acceptors (Lipinski definition) is 9. The zero-order valence-electron chi connectivity index (χ0n) is 21.0. The summed E-state index contributed by atoms with van der Waals surface area (Å²) in [5.74, 6) is 0.564. The maximum atomic E-state index is 13.7. The molecule has 38 heavy (non-hydrogen) atoms. The van der Waals surface area contributed by atoms with Gasteiger partial charge in [0.2, 0.25) is 11.8 Å². The number of allylic oxidation sites excluding steroid dienone is 1. The summed E-state index contributed by atoms with van der Waals surface area (Å²) in [5.41, 5.74) is 3.71. The van der Waals surface area contributed by atoms with E-state index in [9.17, 15) is 9.59 Å². The number of thioether (sulfide) groups is 1. The van der Waals surface area contributed by atoms with Gasteiger partial charge in [0, 0.05) is 46.5 Å². The Morgan fingerprint density at radius 2 is 1.95 bits per heavy atom. The van der Waals surface area contributed by atoms with Gasteiger partial charge in [0.05, 0.1) is 12.2 Å². The average molecular weight is 547 g/mol. The van der Waals surface area contributed by atoms with Crippen LogP contribution < -0.4 is 0 Å². The molecule has 4 aromatic rings. The van der Waals surface area contributed by atoms with E-state index >= 15 is 0 Å². The third-order valence-corrected chi connectivity index (χ3v) is 8.30. The Bertz CT molecular complexity index is 1480. The zero-order valence-corrected chi connectivity index (χ0v) is 22.7. The van der Waals surface area contributed by atoms with Crippen LogP contribution in [0.3, 0.4) is 0 Å². The van der Waals surface area contributed by atoms with Crippen molar-refractivity contribution in [1.82, 2.24) is 20.1 Å². The molecule has 194 valence electrons. The van der Waals surface area contributed by atoms with E-state index in [0.717, 1.165) is 22.0 Å². The smallest absolute Gasteiger partial charge is 0.338 e. The van der Waals surface area contributed by atoms with Crippen LogP contribution in [-0.4, -0.2) is 50.9 Å². The quantitative estimate of drug-likeness (QED) is 0.255. The highest BCUT2D eigenvalue weighted by molar-refractivity contribution is 7.99. The molecule has 5 rings (SSSR count). The van der Waals surface area contributed by atoms with Crippen LogP contribution in [0.2, 0.25) is 0 Å². The minimum atomic E-state index is -0.528. The lowest BCUT2D eigenvalue weighted by Crippen LogP contribution is -2.30. The fraction of sp³-hybridized carbons (Fsp3) is 0.250. The lowest BCUT2D eigenvalue weighted by Gasteiger charge is -2.22. The monoisotopic (exact) mass is 546 g/mol. The maximum Gasteiger partial charge on any atom is 0.338 e. The molecule has 3 heterocycles. The Morgan fingerprint density at radius 1 is 1.16 bits per heavy atom. The zero-order chi connectivity index (χ0) is 26.6. The summed E-state index contributed by atoms with van der Waals surface area (Å²) in [6, 6.07) is 14.7. The molecule has 8 nitrogen and oxygen atoms in total. The van der Waals surface area contributed by atoms with Gasteiger partial charge < -0.3 is 14.1 Å². The maximum absolute atomic E-state index is 13.7. The number of esters is 1.